The monoisotopic (exact) mass is 344 g/mol. The molecular weight excluding hydrogens is 311 g/mol. The Kier molecular flexibility index (Phi) is 17.6. The van der Waals surface area contributed by atoms with E-state index in [1.807, 2.05) is 13.8 Å². The molecule has 0 aliphatic rings. The number of aliphatic hydroxyl groups excluding tert-OH is 1. The molecule has 0 radical (unpaired) electrons. The molecule has 0 amide bonds. The summed E-state index contributed by atoms with van der Waals surface area (Å²) in [5.74, 6) is 0. The van der Waals surface area contributed by atoms with Crippen LogP contribution in [0.2, 0.25) is 0 Å². The van der Waals surface area contributed by atoms with E-state index in [1.165, 1.54) is 25.7 Å². The van der Waals surface area contributed by atoms with Crippen molar-refractivity contribution in [2.75, 3.05) is 0 Å². The van der Waals surface area contributed by atoms with E-state index in [1.54, 1.807) is 0 Å². The molecular formula is C16H33NaO4S. The van der Waals surface area contributed by atoms with Crippen LogP contribution in [0.25, 0.3) is 0 Å². The van der Waals surface area contributed by atoms with Crippen molar-refractivity contribution in [3.63, 3.8) is 0 Å². The number of rotatable bonds is 14. The van der Waals surface area contributed by atoms with Crippen molar-refractivity contribution < 1.29 is 47.6 Å². The van der Waals surface area contributed by atoms with Gasteiger partial charge in [-0.25, -0.2) is 8.42 Å². The van der Waals surface area contributed by atoms with Gasteiger partial charge in [0.1, 0.15) is 0 Å². The Balaban J connectivity index is 0. The van der Waals surface area contributed by atoms with Crippen LogP contribution in [0.5, 0.6) is 0 Å². The molecule has 0 bridgehead atoms. The van der Waals surface area contributed by atoms with Crippen LogP contribution in [0.3, 0.4) is 0 Å². The summed E-state index contributed by atoms with van der Waals surface area (Å²) in [6.45, 7) is 3.74. The summed E-state index contributed by atoms with van der Waals surface area (Å²) in [5, 5.41) is 8.45. The van der Waals surface area contributed by atoms with E-state index in [2.05, 4.69) is 0 Å². The van der Waals surface area contributed by atoms with Crippen molar-refractivity contribution in [1.29, 1.82) is 0 Å². The number of hydrogen-bond donors (Lipinski definition) is 1. The Morgan fingerprint density at radius 3 is 1.64 bits per heavy atom. The van der Waals surface area contributed by atoms with Gasteiger partial charge in [-0.05, 0) is 26.2 Å². The van der Waals surface area contributed by atoms with E-state index in [4.69, 9.17) is 5.11 Å². The van der Waals surface area contributed by atoms with E-state index in [0.717, 1.165) is 38.5 Å². The maximum absolute atomic E-state index is 11.1. The first-order valence-corrected chi connectivity index (χ1v) is 9.97. The summed E-state index contributed by atoms with van der Waals surface area (Å²) in [5.41, 5.74) is 0. The Hall–Kier alpha value is 0.870. The average molecular weight is 344 g/mol. The Morgan fingerprint density at radius 2 is 1.27 bits per heavy atom. The van der Waals surface area contributed by atoms with Crippen molar-refractivity contribution in [2.45, 2.75) is 102 Å². The second-order valence-electron chi connectivity index (χ2n) is 6.16. The molecule has 128 valence electrons. The summed E-state index contributed by atoms with van der Waals surface area (Å²) in [4.78, 5) is 0. The van der Waals surface area contributed by atoms with Crippen LogP contribution < -0.4 is 29.6 Å². The fourth-order valence-electron chi connectivity index (χ4n) is 2.63. The quantitative estimate of drug-likeness (QED) is 0.290. The van der Waals surface area contributed by atoms with Crippen LogP contribution in [0.15, 0.2) is 0 Å². The fraction of sp³-hybridized carbons (Fsp3) is 1.00. The van der Waals surface area contributed by atoms with Gasteiger partial charge in [0.15, 0.2) is 0 Å². The minimum atomic E-state index is -4.11. The van der Waals surface area contributed by atoms with Gasteiger partial charge in [-0.3, -0.25) is 0 Å². The van der Waals surface area contributed by atoms with Crippen LogP contribution in [0.4, 0.5) is 0 Å². The maximum Gasteiger partial charge on any atom is 1.00 e. The summed E-state index contributed by atoms with van der Waals surface area (Å²) >= 11 is 0. The third kappa shape index (κ3) is 15.8. The molecule has 2 atom stereocenters. The predicted octanol–water partition coefficient (Wildman–Crippen LogP) is 0.986. The van der Waals surface area contributed by atoms with E-state index < -0.39 is 15.4 Å². The minimum Gasteiger partial charge on any atom is -0.748 e. The predicted molar refractivity (Wildman–Crippen MR) is 86.2 cm³/mol. The van der Waals surface area contributed by atoms with Gasteiger partial charge >= 0.3 is 29.6 Å². The average Bonchev–Trinajstić information content (AvgIpc) is 2.38. The number of aliphatic hydroxyl groups is 1. The topological polar surface area (TPSA) is 77.4 Å². The van der Waals surface area contributed by atoms with E-state index >= 15 is 0 Å². The zero-order valence-electron chi connectivity index (χ0n) is 14.7. The Morgan fingerprint density at radius 1 is 0.864 bits per heavy atom. The van der Waals surface area contributed by atoms with Crippen LogP contribution in [-0.4, -0.2) is 29.4 Å². The van der Waals surface area contributed by atoms with Gasteiger partial charge in [-0.2, -0.15) is 0 Å². The van der Waals surface area contributed by atoms with Gasteiger partial charge in [0, 0.05) is 5.25 Å². The van der Waals surface area contributed by atoms with Crippen molar-refractivity contribution in [2.24, 2.45) is 0 Å². The smallest absolute Gasteiger partial charge is 0.748 e. The van der Waals surface area contributed by atoms with Gasteiger partial charge in [0.2, 0.25) is 0 Å². The van der Waals surface area contributed by atoms with Crippen molar-refractivity contribution >= 4 is 10.1 Å². The fourth-order valence-corrected chi connectivity index (χ4v) is 3.61. The van der Waals surface area contributed by atoms with Crippen molar-refractivity contribution in [3.8, 4) is 0 Å². The molecule has 0 rings (SSSR count). The first-order chi connectivity index (χ1) is 9.88. The van der Waals surface area contributed by atoms with E-state index in [0.29, 0.717) is 12.8 Å². The summed E-state index contributed by atoms with van der Waals surface area (Å²) in [6.07, 6.45) is 11.3. The first-order valence-electron chi connectivity index (χ1n) is 8.50. The molecule has 0 heterocycles. The summed E-state index contributed by atoms with van der Waals surface area (Å²) < 4.78 is 33.2. The van der Waals surface area contributed by atoms with Crippen LogP contribution in [-0.2, 0) is 10.1 Å². The zero-order valence-corrected chi connectivity index (χ0v) is 17.5. The molecule has 0 aromatic heterocycles. The molecule has 0 aliphatic carbocycles. The Labute approximate surface area is 159 Å². The molecule has 0 aromatic carbocycles. The summed E-state index contributed by atoms with van der Waals surface area (Å²) in [6, 6.07) is 0. The molecule has 0 aliphatic heterocycles. The van der Waals surface area contributed by atoms with Crippen LogP contribution >= 0.6 is 0 Å². The normalized spacial score (nSPS) is 14.4. The standard InChI is InChI=1S/C16H34O4S.Na/c1-3-12-16(21(18,19)20)14-11-9-7-5-4-6-8-10-13-15(2)17;/h15-17H,3-14H2,1-2H3,(H,18,19,20);/q;+1/p-1. The van der Waals surface area contributed by atoms with E-state index in [9.17, 15) is 13.0 Å². The molecule has 22 heavy (non-hydrogen) atoms. The van der Waals surface area contributed by atoms with Gasteiger partial charge < -0.3 is 9.66 Å². The molecule has 1 N–H and O–H groups in total. The van der Waals surface area contributed by atoms with Crippen molar-refractivity contribution in [3.05, 3.63) is 0 Å². The van der Waals surface area contributed by atoms with Gasteiger partial charge in [-0.15, -0.1) is 0 Å². The van der Waals surface area contributed by atoms with Crippen LogP contribution in [0.1, 0.15) is 90.9 Å². The van der Waals surface area contributed by atoms with E-state index in [-0.39, 0.29) is 35.7 Å². The molecule has 2 unspecified atom stereocenters. The molecule has 0 fully saturated rings. The zero-order chi connectivity index (χ0) is 16.1. The molecule has 6 heteroatoms. The SMILES string of the molecule is CCCC(CCCCCCCCCCC(C)O)S(=O)(=O)[O-].[Na+]. The Bertz CT molecular complexity index is 331. The summed E-state index contributed by atoms with van der Waals surface area (Å²) in [7, 11) is -4.11. The largest absolute Gasteiger partial charge is 1.00 e. The third-order valence-corrected chi connectivity index (χ3v) is 5.20. The maximum atomic E-state index is 11.1. The van der Waals surface area contributed by atoms with Gasteiger partial charge in [0.25, 0.3) is 0 Å². The van der Waals surface area contributed by atoms with Gasteiger partial charge in [-0.1, -0.05) is 64.7 Å². The van der Waals surface area contributed by atoms with Crippen LogP contribution in [0, 0.1) is 0 Å². The minimum absolute atomic E-state index is 0. The molecule has 0 aromatic rings. The molecule has 0 saturated heterocycles. The first kappa shape index (κ1) is 25.1. The van der Waals surface area contributed by atoms with Crippen molar-refractivity contribution in [1.82, 2.24) is 0 Å². The number of unbranched alkanes of at least 4 members (excludes halogenated alkanes) is 7. The second kappa shape index (κ2) is 15.4. The third-order valence-electron chi connectivity index (χ3n) is 3.92. The molecule has 0 saturated carbocycles. The molecule has 4 nitrogen and oxygen atoms in total. The number of hydrogen-bond acceptors (Lipinski definition) is 4. The molecule has 0 spiro atoms. The second-order valence-corrected chi connectivity index (χ2v) is 7.81. The van der Waals surface area contributed by atoms with Gasteiger partial charge in [0.05, 0.1) is 16.2 Å².